The number of benzene rings is 2. The summed E-state index contributed by atoms with van der Waals surface area (Å²) in [4.78, 5) is 38.6. The largest absolute Gasteiger partial charge is 0.461 e. The first-order chi connectivity index (χ1) is 16.3. The van der Waals surface area contributed by atoms with Crippen LogP contribution in [0.25, 0.3) is 17.0 Å². The number of carbonyl (C=O) groups is 3. The standard InChI is InChI=1S/C25H22Cl2N2O4S/c1-3-15(2)33-23(30)14-29-24(31)22(34-25(29)32)11-16-12-28(21-10-5-4-7-17(16)21)13-18-19(26)8-6-9-20(18)27/h4-12,15H,3,13-14H2,1-2H3/b22-11-/t15-/m0/s1. The molecule has 1 aliphatic heterocycles. The van der Waals surface area contributed by atoms with Crippen molar-refractivity contribution in [3.8, 4) is 0 Å². The number of rotatable bonds is 7. The summed E-state index contributed by atoms with van der Waals surface area (Å²) in [5.74, 6) is -1.12. The van der Waals surface area contributed by atoms with Crippen molar-refractivity contribution in [1.82, 2.24) is 9.47 Å². The predicted molar refractivity (Wildman–Crippen MR) is 136 cm³/mol. The summed E-state index contributed by atoms with van der Waals surface area (Å²) >= 11 is 13.5. The smallest absolute Gasteiger partial charge is 0.326 e. The van der Waals surface area contributed by atoms with Crippen molar-refractivity contribution >= 4 is 69.1 Å². The van der Waals surface area contributed by atoms with Crippen LogP contribution in [0.2, 0.25) is 10.0 Å². The molecule has 0 radical (unpaired) electrons. The first-order valence-electron chi connectivity index (χ1n) is 10.7. The number of aromatic nitrogens is 1. The number of hydrogen-bond acceptors (Lipinski definition) is 5. The van der Waals surface area contributed by atoms with E-state index in [1.165, 1.54) is 0 Å². The molecule has 2 amide bonds. The highest BCUT2D eigenvalue weighted by molar-refractivity contribution is 8.18. The molecule has 6 nitrogen and oxygen atoms in total. The van der Waals surface area contributed by atoms with Crippen LogP contribution in [0, 0.1) is 0 Å². The summed E-state index contributed by atoms with van der Waals surface area (Å²) in [5, 5.41) is 1.55. The summed E-state index contributed by atoms with van der Waals surface area (Å²) in [6.07, 6.45) is 3.95. The molecule has 0 N–H and O–H groups in total. The van der Waals surface area contributed by atoms with E-state index in [2.05, 4.69) is 0 Å². The molecule has 176 valence electrons. The van der Waals surface area contributed by atoms with Gasteiger partial charge in [-0.3, -0.25) is 19.3 Å². The number of thioether (sulfide) groups is 1. The van der Waals surface area contributed by atoms with Crippen LogP contribution >= 0.6 is 35.0 Å². The first kappa shape index (κ1) is 24.4. The number of carbonyl (C=O) groups excluding carboxylic acids is 3. The van der Waals surface area contributed by atoms with Gasteiger partial charge in [-0.2, -0.15) is 0 Å². The molecular formula is C25H22Cl2N2O4S. The van der Waals surface area contributed by atoms with E-state index in [-0.39, 0.29) is 11.0 Å². The van der Waals surface area contributed by atoms with Crippen molar-refractivity contribution in [3.63, 3.8) is 0 Å². The van der Waals surface area contributed by atoms with Crippen molar-refractivity contribution in [2.45, 2.75) is 32.9 Å². The minimum absolute atomic E-state index is 0.250. The average Bonchev–Trinajstić information content (AvgIpc) is 3.28. The average molecular weight is 517 g/mol. The minimum atomic E-state index is -0.605. The summed E-state index contributed by atoms with van der Waals surface area (Å²) in [5.41, 5.74) is 2.49. The third-order valence-electron chi connectivity index (χ3n) is 5.56. The normalized spacial score (nSPS) is 16.0. The predicted octanol–water partition coefficient (Wildman–Crippen LogP) is 6.37. The fourth-order valence-corrected chi connectivity index (χ4v) is 4.97. The molecule has 2 aromatic carbocycles. The Morgan fingerprint density at radius 1 is 1.12 bits per heavy atom. The van der Waals surface area contributed by atoms with Crippen LogP contribution in [0.1, 0.15) is 31.4 Å². The van der Waals surface area contributed by atoms with Crippen molar-refractivity contribution in [2.24, 2.45) is 0 Å². The van der Waals surface area contributed by atoms with Crippen LogP contribution in [0.5, 0.6) is 0 Å². The molecule has 1 aliphatic rings. The molecule has 1 fully saturated rings. The molecule has 9 heteroatoms. The lowest BCUT2D eigenvalue weighted by Crippen LogP contribution is -2.35. The highest BCUT2D eigenvalue weighted by atomic mass is 35.5. The van der Waals surface area contributed by atoms with E-state index in [0.717, 1.165) is 38.7 Å². The molecule has 1 saturated heterocycles. The Bertz CT molecular complexity index is 1300. The van der Waals surface area contributed by atoms with Crippen molar-refractivity contribution in [2.75, 3.05) is 6.54 Å². The number of amides is 2. The van der Waals surface area contributed by atoms with Gasteiger partial charge >= 0.3 is 5.97 Å². The summed E-state index contributed by atoms with van der Waals surface area (Å²) in [6, 6.07) is 13.1. The number of hydrogen-bond donors (Lipinski definition) is 0. The molecule has 2 heterocycles. The third-order valence-corrected chi connectivity index (χ3v) is 7.18. The zero-order chi connectivity index (χ0) is 24.4. The topological polar surface area (TPSA) is 68.6 Å². The van der Waals surface area contributed by atoms with Gasteiger partial charge in [-0.15, -0.1) is 0 Å². The summed E-state index contributed by atoms with van der Waals surface area (Å²) in [7, 11) is 0. The summed E-state index contributed by atoms with van der Waals surface area (Å²) < 4.78 is 7.21. The number of fused-ring (bicyclic) bond motifs is 1. The molecule has 4 rings (SSSR count). The van der Waals surface area contributed by atoms with Crippen LogP contribution in [0.4, 0.5) is 4.79 Å². The fourth-order valence-electron chi connectivity index (χ4n) is 3.63. The maximum atomic E-state index is 12.9. The molecule has 0 aliphatic carbocycles. The van der Waals surface area contributed by atoms with Gasteiger partial charge in [-0.1, -0.05) is 54.4 Å². The van der Waals surface area contributed by atoms with E-state index in [9.17, 15) is 14.4 Å². The Balaban J connectivity index is 1.63. The van der Waals surface area contributed by atoms with E-state index in [1.807, 2.05) is 42.0 Å². The second kappa shape index (κ2) is 10.3. The molecule has 1 atom stereocenters. The molecular weight excluding hydrogens is 495 g/mol. The Morgan fingerprint density at radius 2 is 1.82 bits per heavy atom. The van der Waals surface area contributed by atoms with Gasteiger partial charge in [0.25, 0.3) is 11.1 Å². The van der Waals surface area contributed by atoms with Gasteiger partial charge in [0.15, 0.2) is 0 Å². The monoisotopic (exact) mass is 516 g/mol. The third kappa shape index (κ3) is 5.02. The molecule has 34 heavy (non-hydrogen) atoms. The maximum absolute atomic E-state index is 12.9. The van der Waals surface area contributed by atoms with E-state index >= 15 is 0 Å². The molecule has 0 unspecified atom stereocenters. The van der Waals surface area contributed by atoms with Gasteiger partial charge in [0.1, 0.15) is 6.54 Å². The van der Waals surface area contributed by atoms with Gasteiger partial charge in [0, 0.05) is 38.3 Å². The molecule has 0 saturated carbocycles. The van der Waals surface area contributed by atoms with E-state index in [0.29, 0.717) is 23.0 Å². The van der Waals surface area contributed by atoms with Gasteiger partial charge in [0.2, 0.25) is 0 Å². The van der Waals surface area contributed by atoms with Crippen molar-refractivity contribution in [1.29, 1.82) is 0 Å². The number of esters is 1. The Morgan fingerprint density at radius 3 is 2.53 bits per heavy atom. The Hall–Kier alpha value is -2.74. The molecule has 0 spiro atoms. The molecule has 1 aromatic heterocycles. The summed E-state index contributed by atoms with van der Waals surface area (Å²) in [6.45, 7) is 3.68. The Labute approximate surface area is 211 Å². The lowest BCUT2D eigenvalue weighted by molar-refractivity contribution is -0.150. The quantitative estimate of drug-likeness (QED) is 0.269. The maximum Gasteiger partial charge on any atom is 0.326 e. The zero-order valence-corrected chi connectivity index (χ0v) is 20.9. The first-order valence-corrected chi connectivity index (χ1v) is 12.3. The molecule has 3 aromatic rings. The van der Waals surface area contributed by atoms with E-state index in [1.54, 1.807) is 31.2 Å². The molecule has 0 bridgehead atoms. The minimum Gasteiger partial charge on any atom is -0.461 e. The fraction of sp³-hybridized carbons (Fsp3) is 0.240. The van der Waals surface area contributed by atoms with Crippen LogP contribution < -0.4 is 0 Å². The number of nitrogens with zero attached hydrogens (tertiary/aromatic N) is 2. The highest BCUT2D eigenvalue weighted by Crippen LogP contribution is 2.35. The van der Waals surface area contributed by atoms with E-state index in [4.69, 9.17) is 27.9 Å². The Kier molecular flexibility index (Phi) is 7.36. The van der Waals surface area contributed by atoms with Gasteiger partial charge in [-0.25, -0.2) is 0 Å². The second-order valence-electron chi connectivity index (χ2n) is 7.91. The van der Waals surface area contributed by atoms with Crippen LogP contribution in [-0.2, 0) is 20.9 Å². The van der Waals surface area contributed by atoms with Crippen molar-refractivity contribution < 1.29 is 19.1 Å². The van der Waals surface area contributed by atoms with Crippen LogP contribution in [-0.4, -0.2) is 39.2 Å². The van der Waals surface area contributed by atoms with Crippen LogP contribution in [0.15, 0.2) is 53.6 Å². The van der Waals surface area contributed by atoms with Gasteiger partial charge in [0.05, 0.1) is 17.6 Å². The van der Waals surface area contributed by atoms with Crippen LogP contribution in [0.3, 0.4) is 0 Å². The lowest BCUT2D eigenvalue weighted by atomic mass is 10.1. The number of ether oxygens (including phenoxy) is 1. The van der Waals surface area contributed by atoms with Gasteiger partial charge < -0.3 is 9.30 Å². The number of imide groups is 1. The lowest BCUT2D eigenvalue weighted by Gasteiger charge is -2.14. The van der Waals surface area contributed by atoms with Crippen molar-refractivity contribution in [3.05, 3.63) is 74.7 Å². The number of para-hydroxylation sites is 1. The second-order valence-corrected chi connectivity index (χ2v) is 9.71. The van der Waals surface area contributed by atoms with E-state index < -0.39 is 23.7 Å². The number of halogens is 2. The zero-order valence-electron chi connectivity index (χ0n) is 18.6. The highest BCUT2D eigenvalue weighted by Gasteiger charge is 2.37. The SMILES string of the molecule is CC[C@H](C)OC(=O)CN1C(=O)S/C(=C\c2cn(Cc3c(Cl)cccc3Cl)c3ccccc23)C1=O. The van der Waals surface area contributed by atoms with Gasteiger partial charge in [-0.05, 0) is 49.4 Å².